The molecule has 1 fully saturated rings. The van der Waals surface area contributed by atoms with Crippen LogP contribution in [0.1, 0.15) is 30.2 Å². The zero-order valence-corrected chi connectivity index (χ0v) is 10.1. The highest BCUT2D eigenvalue weighted by Crippen LogP contribution is 2.42. The Hall–Kier alpha value is -1.35. The quantitative estimate of drug-likeness (QED) is 0.877. The number of benzene rings is 1. The fraction of sp³-hybridized carbons (Fsp3) is 0.429. The van der Waals surface area contributed by atoms with Crippen molar-refractivity contribution >= 4 is 11.0 Å². The number of halogens is 1. The van der Waals surface area contributed by atoms with E-state index in [4.69, 9.17) is 4.42 Å². The minimum atomic E-state index is -0.237. The van der Waals surface area contributed by atoms with E-state index in [1.54, 1.807) is 13.0 Å². The van der Waals surface area contributed by atoms with E-state index in [1.165, 1.54) is 12.8 Å². The summed E-state index contributed by atoms with van der Waals surface area (Å²) in [6, 6.07) is 5.89. The van der Waals surface area contributed by atoms with E-state index in [0.29, 0.717) is 17.1 Å². The third-order valence-electron chi connectivity index (χ3n) is 3.55. The van der Waals surface area contributed by atoms with E-state index in [0.717, 1.165) is 11.1 Å². The Morgan fingerprint density at radius 2 is 2.18 bits per heavy atom. The summed E-state index contributed by atoms with van der Waals surface area (Å²) >= 11 is 0. The summed E-state index contributed by atoms with van der Waals surface area (Å²) in [4.78, 5) is 0. The van der Waals surface area contributed by atoms with Crippen molar-refractivity contribution in [2.24, 2.45) is 5.92 Å². The second-order valence-electron chi connectivity index (χ2n) is 4.87. The van der Waals surface area contributed by atoms with Crippen LogP contribution in [0.5, 0.6) is 0 Å². The molecule has 0 bridgehead atoms. The first kappa shape index (κ1) is 10.8. The Morgan fingerprint density at radius 1 is 1.41 bits per heavy atom. The van der Waals surface area contributed by atoms with E-state index < -0.39 is 0 Å². The molecular weight excluding hydrogens is 217 g/mol. The SMILES string of the molecule is CNC(c1cc2ccc(C)c(F)c2o1)C1CC1. The van der Waals surface area contributed by atoms with Crippen LogP contribution in [0.2, 0.25) is 0 Å². The van der Waals surface area contributed by atoms with Crippen LogP contribution < -0.4 is 5.32 Å². The fourth-order valence-corrected chi connectivity index (χ4v) is 2.38. The monoisotopic (exact) mass is 233 g/mol. The molecule has 0 amide bonds. The summed E-state index contributed by atoms with van der Waals surface area (Å²) in [5, 5.41) is 4.11. The van der Waals surface area contributed by atoms with Gasteiger partial charge in [-0.1, -0.05) is 12.1 Å². The Labute approximate surface area is 99.8 Å². The second kappa shape index (κ2) is 3.84. The van der Waals surface area contributed by atoms with Crippen molar-refractivity contribution in [1.82, 2.24) is 5.32 Å². The molecule has 17 heavy (non-hydrogen) atoms. The molecule has 0 saturated heterocycles. The molecule has 3 heteroatoms. The number of nitrogens with one attached hydrogen (secondary N) is 1. The van der Waals surface area contributed by atoms with Crippen molar-refractivity contribution in [3.8, 4) is 0 Å². The van der Waals surface area contributed by atoms with Crippen LogP contribution in [-0.2, 0) is 0 Å². The van der Waals surface area contributed by atoms with Crippen molar-refractivity contribution in [3.05, 3.63) is 35.3 Å². The number of rotatable bonds is 3. The zero-order chi connectivity index (χ0) is 12.0. The Bertz CT molecular complexity index is 557. The van der Waals surface area contributed by atoms with Gasteiger partial charge in [-0.2, -0.15) is 0 Å². The molecule has 90 valence electrons. The van der Waals surface area contributed by atoms with Gasteiger partial charge in [0.15, 0.2) is 11.4 Å². The highest BCUT2D eigenvalue weighted by Gasteiger charge is 2.33. The van der Waals surface area contributed by atoms with Gasteiger partial charge in [0.25, 0.3) is 0 Å². The van der Waals surface area contributed by atoms with Crippen LogP contribution in [0.25, 0.3) is 11.0 Å². The van der Waals surface area contributed by atoms with Crippen molar-refractivity contribution in [2.45, 2.75) is 25.8 Å². The summed E-state index contributed by atoms with van der Waals surface area (Å²) in [5.41, 5.74) is 1.02. The third-order valence-corrected chi connectivity index (χ3v) is 3.55. The summed E-state index contributed by atoms with van der Waals surface area (Å²) in [6.45, 7) is 1.76. The lowest BCUT2D eigenvalue weighted by Crippen LogP contribution is -2.17. The predicted molar refractivity (Wildman–Crippen MR) is 65.4 cm³/mol. The molecule has 0 spiro atoms. The van der Waals surface area contributed by atoms with Gasteiger partial charge in [0, 0.05) is 5.39 Å². The molecular formula is C14H16FNO. The maximum Gasteiger partial charge on any atom is 0.170 e. The van der Waals surface area contributed by atoms with Crippen LogP contribution >= 0.6 is 0 Å². The Morgan fingerprint density at radius 3 is 2.82 bits per heavy atom. The first-order valence-electron chi connectivity index (χ1n) is 6.06. The van der Waals surface area contributed by atoms with Gasteiger partial charge in [0.1, 0.15) is 5.76 Å². The van der Waals surface area contributed by atoms with Gasteiger partial charge in [-0.25, -0.2) is 4.39 Å². The highest BCUT2D eigenvalue weighted by molar-refractivity contribution is 5.79. The van der Waals surface area contributed by atoms with Crippen molar-refractivity contribution in [2.75, 3.05) is 7.05 Å². The zero-order valence-electron chi connectivity index (χ0n) is 10.1. The maximum absolute atomic E-state index is 13.9. The summed E-state index contributed by atoms with van der Waals surface area (Å²) < 4.78 is 19.6. The molecule has 1 atom stereocenters. The van der Waals surface area contributed by atoms with E-state index >= 15 is 0 Å². The molecule has 0 radical (unpaired) electrons. The molecule has 1 aromatic carbocycles. The van der Waals surface area contributed by atoms with Gasteiger partial charge in [0.2, 0.25) is 0 Å². The number of furan rings is 1. The lowest BCUT2D eigenvalue weighted by Gasteiger charge is -2.11. The molecule has 1 N–H and O–H groups in total. The third kappa shape index (κ3) is 1.75. The molecule has 1 aromatic heterocycles. The van der Waals surface area contributed by atoms with Crippen LogP contribution in [0.3, 0.4) is 0 Å². The van der Waals surface area contributed by atoms with Crippen LogP contribution in [-0.4, -0.2) is 7.05 Å². The Kier molecular flexibility index (Phi) is 2.44. The molecule has 1 heterocycles. The predicted octanol–water partition coefficient (Wildman–Crippen LogP) is 3.55. The molecule has 1 unspecified atom stereocenters. The topological polar surface area (TPSA) is 25.2 Å². The molecule has 3 rings (SSSR count). The van der Waals surface area contributed by atoms with Gasteiger partial charge in [-0.3, -0.25) is 0 Å². The van der Waals surface area contributed by atoms with Gasteiger partial charge < -0.3 is 9.73 Å². The van der Waals surface area contributed by atoms with Crippen molar-refractivity contribution < 1.29 is 8.81 Å². The van der Waals surface area contributed by atoms with E-state index in [1.807, 2.05) is 19.2 Å². The van der Waals surface area contributed by atoms with Crippen LogP contribution in [0.15, 0.2) is 22.6 Å². The molecule has 2 aromatic rings. The van der Waals surface area contributed by atoms with E-state index in [9.17, 15) is 4.39 Å². The minimum absolute atomic E-state index is 0.224. The van der Waals surface area contributed by atoms with E-state index in [-0.39, 0.29) is 11.9 Å². The number of hydrogen-bond donors (Lipinski definition) is 1. The lowest BCUT2D eigenvalue weighted by molar-refractivity contribution is 0.413. The van der Waals surface area contributed by atoms with Crippen molar-refractivity contribution in [1.29, 1.82) is 0 Å². The van der Waals surface area contributed by atoms with Crippen LogP contribution in [0.4, 0.5) is 4.39 Å². The average Bonchev–Trinajstić information content (AvgIpc) is 3.05. The standard InChI is InChI=1S/C14H16FNO/c1-8-3-4-10-7-11(17-14(10)12(8)15)13(16-2)9-5-6-9/h3-4,7,9,13,16H,5-6H2,1-2H3. The van der Waals surface area contributed by atoms with Gasteiger partial charge in [-0.05, 0) is 44.4 Å². The fourth-order valence-electron chi connectivity index (χ4n) is 2.38. The lowest BCUT2D eigenvalue weighted by atomic mass is 10.1. The van der Waals surface area contributed by atoms with Crippen LogP contribution in [0, 0.1) is 18.7 Å². The van der Waals surface area contributed by atoms with Gasteiger partial charge in [-0.15, -0.1) is 0 Å². The molecule has 2 nitrogen and oxygen atoms in total. The normalized spacial score (nSPS) is 17.6. The maximum atomic E-state index is 13.9. The Balaban J connectivity index is 2.09. The molecule has 1 aliphatic carbocycles. The van der Waals surface area contributed by atoms with Gasteiger partial charge >= 0.3 is 0 Å². The largest absolute Gasteiger partial charge is 0.456 e. The first-order chi connectivity index (χ1) is 8.20. The molecule has 1 aliphatic rings. The first-order valence-corrected chi connectivity index (χ1v) is 6.06. The molecule has 1 saturated carbocycles. The van der Waals surface area contributed by atoms with E-state index in [2.05, 4.69) is 5.32 Å². The van der Waals surface area contributed by atoms with Gasteiger partial charge in [0.05, 0.1) is 6.04 Å². The van der Waals surface area contributed by atoms with Crippen molar-refractivity contribution in [3.63, 3.8) is 0 Å². The summed E-state index contributed by atoms with van der Waals surface area (Å²) in [6.07, 6.45) is 2.45. The summed E-state index contributed by atoms with van der Waals surface area (Å²) in [7, 11) is 1.93. The smallest absolute Gasteiger partial charge is 0.170 e. The molecule has 0 aliphatic heterocycles. The number of aryl methyl sites for hydroxylation is 1. The number of hydrogen-bond acceptors (Lipinski definition) is 2. The highest BCUT2D eigenvalue weighted by atomic mass is 19.1. The number of fused-ring (bicyclic) bond motifs is 1. The summed E-state index contributed by atoms with van der Waals surface area (Å²) in [5.74, 6) is 1.26. The minimum Gasteiger partial charge on any atom is -0.456 e. The second-order valence-corrected chi connectivity index (χ2v) is 4.87. The average molecular weight is 233 g/mol.